The number of aliphatic imine (C=N–C) groups is 1. The molecule has 0 fully saturated rings. The minimum Gasteiger partial charge on any atom is -0.506 e. The summed E-state index contributed by atoms with van der Waals surface area (Å²) < 4.78 is 5.74. The van der Waals surface area contributed by atoms with E-state index in [1.807, 2.05) is 19.1 Å². The molecule has 0 spiro atoms. The average molecular weight is 345 g/mol. The SMILES string of the molecule is C=C(N=C(C)c1cccnc1OCCCC)c1cccc(O)c1Cl. The Labute approximate surface area is 147 Å². The van der Waals surface area contributed by atoms with Gasteiger partial charge in [-0.1, -0.05) is 43.7 Å². The molecule has 0 saturated carbocycles. The topological polar surface area (TPSA) is 54.7 Å². The summed E-state index contributed by atoms with van der Waals surface area (Å²) in [5.74, 6) is 0.565. The number of hydrogen-bond acceptors (Lipinski definition) is 4. The summed E-state index contributed by atoms with van der Waals surface area (Å²) in [5, 5.41) is 9.95. The number of aromatic nitrogens is 1. The molecule has 0 aliphatic rings. The first kappa shape index (κ1) is 18.0. The Bertz CT molecular complexity index is 757. The molecule has 2 aromatic rings. The van der Waals surface area contributed by atoms with E-state index in [0.717, 1.165) is 24.1 Å². The Hall–Kier alpha value is -2.33. The highest BCUT2D eigenvalue weighted by molar-refractivity contribution is 6.33. The summed E-state index contributed by atoms with van der Waals surface area (Å²) in [6.07, 6.45) is 3.72. The number of nitrogens with zero attached hydrogens (tertiary/aromatic N) is 2. The van der Waals surface area contributed by atoms with Gasteiger partial charge in [-0.15, -0.1) is 0 Å². The first-order valence-corrected chi connectivity index (χ1v) is 8.22. The molecule has 0 aliphatic heterocycles. The number of halogens is 1. The third-order valence-corrected chi connectivity index (χ3v) is 3.89. The number of rotatable bonds is 7. The van der Waals surface area contributed by atoms with Gasteiger partial charge in [-0.3, -0.25) is 4.99 Å². The molecule has 24 heavy (non-hydrogen) atoms. The Kier molecular flexibility index (Phi) is 6.38. The van der Waals surface area contributed by atoms with Crippen molar-refractivity contribution >= 4 is 23.0 Å². The first-order valence-electron chi connectivity index (χ1n) is 7.84. The van der Waals surface area contributed by atoms with Crippen LogP contribution in [0.5, 0.6) is 11.6 Å². The number of phenols is 1. The van der Waals surface area contributed by atoms with Gasteiger partial charge in [-0.25, -0.2) is 4.98 Å². The van der Waals surface area contributed by atoms with Crippen LogP contribution < -0.4 is 4.74 Å². The molecule has 0 saturated heterocycles. The third-order valence-electron chi connectivity index (χ3n) is 3.49. The van der Waals surface area contributed by atoms with Gasteiger partial charge in [0.2, 0.25) is 5.88 Å². The van der Waals surface area contributed by atoms with Gasteiger partial charge in [-0.2, -0.15) is 0 Å². The van der Waals surface area contributed by atoms with E-state index in [1.165, 1.54) is 6.07 Å². The molecule has 1 aromatic carbocycles. The second-order valence-electron chi connectivity index (χ2n) is 5.34. The molecular weight excluding hydrogens is 324 g/mol. The monoisotopic (exact) mass is 344 g/mol. The number of aromatic hydroxyl groups is 1. The number of phenolic OH excluding ortho intramolecular Hbond substituents is 1. The van der Waals surface area contributed by atoms with E-state index < -0.39 is 0 Å². The molecule has 1 N–H and O–H groups in total. The summed E-state index contributed by atoms with van der Waals surface area (Å²) >= 11 is 6.12. The zero-order valence-electron chi connectivity index (χ0n) is 13.9. The molecule has 0 aliphatic carbocycles. The molecule has 4 nitrogen and oxygen atoms in total. The van der Waals surface area contributed by atoms with Crippen LogP contribution in [0, 0.1) is 0 Å². The molecule has 5 heteroatoms. The zero-order valence-corrected chi connectivity index (χ0v) is 14.7. The molecule has 0 radical (unpaired) electrons. The van der Waals surface area contributed by atoms with Crippen molar-refractivity contribution in [3.05, 3.63) is 59.3 Å². The number of ether oxygens (including phenoxy) is 1. The number of unbranched alkanes of at least 4 members (excludes halogenated alkanes) is 1. The van der Waals surface area contributed by atoms with Crippen molar-refractivity contribution in [3.8, 4) is 11.6 Å². The van der Waals surface area contributed by atoms with Gasteiger partial charge in [0.05, 0.1) is 28.6 Å². The van der Waals surface area contributed by atoms with E-state index in [4.69, 9.17) is 16.3 Å². The van der Waals surface area contributed by atoms with Crippen molar-refractivity contribution in [3.63, 3.8) is 0 Å². The fraction of sp³-hybridized carbons (Fsp3) is 0.263. The molecule has 126 valence electrons. The van der Waals surface area contributed by atoms with E-state index in [0.29, 0.717) is 23.7 Å². The van der Waals surface area contributed by atoms with Crippen LogP contribution in [0.15, 0.2) is 48.1 Å². The van der Waals surface area contributed by atoms with Crippen molar-refractivity contribution in [2.24, 2.45) is 4.99 Å². The fourth-order valence-electron chi connectivity index (χ4n) is 2.16. The predicted molar refractivity (Wildman–Crippen MR) is 99.0 cm³/mol. The Balaban J connectivity index is 2.27. The maximum atomic E-state index is 9.71. The summed E-state index contributed by atoms with van der Waals surface area (Å²) in [7, 11) is 0. The Morgan fingerprint density at radius 2 is 2.04 bits per heavy atom. The quantitative estimate of drug-likeness (QED) is 0.561. The van der Waals surface area contributed by atoms with Crippen molar-refractivity contribution in [2.75, 3.05) is 6.61 Å². The van der Waals surface area contributed by atoms with Crippen LogP contribution in [0.3, 0.4) is 0 Å². The maximum absolute atomic E-state index is 9.71. The van der Waals surface area contributed by atoms with Crippen LogP contribution in [-0.2, 0) is 0 Å². The predicted octanol–water partition coefficient (Wildman–Crippen LogP) is 5.10. The lowest BCUT2D eigenvalue weighted by molar-refractivity contribution is 0.297. The number of benzene rings is 1. The lowest BCUT2D eigenvalue weighted by Gasteiger charge is -2.11. The van der Waals surface area contributed by atoms with Gasteiger partial charge in [0, 0.05) is 11.8 Å². The number of hydrogen-bond donors (Lipinski definition) is 1. The van der Waals surface area contributed by atoms with Crippen LogP contribution in [-0.4, -0.2) is 22.4 Å². The molecule has 0 atom stereocenters. The largest absolute Gasteiger partial charge is 0.506 e. The van der Waals surface area contributed by atoms with Crippen LogP contribution in [0.1, 0.15) is 37.8 Å². The van der Waals surface area contributed by atoms with Crippen LogP contribution >= 0.6 is 11.6 Å². The highest BCUT2D eigenvalue weighted by atomic mass is 35.5. The third kappa shape index (κ3) is 4.36. The highest BCUT2D eigenvalue weighted by Gasteiger charge is 2.11. The molecule has 0 bridgehead atoms. The minimum atomic E-state index is 0.00753. The van der Waals surface area contributed by atoms with Crippen LogP contribution in [0.25, 0.3) is 5.70 Å². The molecular formula is C19H21ClN2O2. The molecule has 2 rings (SSSR count). The summed E-state index contributed by atoms with van der Waals surface area (Å²) in [6, 6.07) is 8.74. The van der Waals surface area contributed by atoms with Gasteiger partial charge in [0.25, 0.3) is 0 Å². The average Bonchev–Trinajstić information content (AvgIpc) is 2.58. The summed E-state index contributed by atoms with van der Waals surface area (Å²) in [6.45, 7) is 8.55. The smallest absolute Gasteiger partial charge is 0.222 e. The maximum Gasteiger partial charge on any atom is 0.222 e. The van der Waals surface area contributed by atoms with Crippen LogP contribution in [0.2, 0.25) is 5.02 Å². The molecule has 1 aromatic heterocycles. The Morgan fingerprint density at radius 1 is 1.29 bits per heavy atom. The van der Waals surface area contributed by atoms with E-state index in [1.54, 1.807) is 18.3 Å². The van der Waals surface area contributed by atoms with Gasteiger partial charge in [0.1, 0.15) is 5.75 Å². The van der Waals surface area contributed by atoms with E-state index in [-0.39, 0.29) is 10.8 Å². The molecule has 1 heterocycles. The van der Waals surface area contributed by atoms with E-state index >= 15 is 0 Å². The van der Waals surface area contributed by atoms with Gasteiger partial charge < -0.3 is 9.84 Å². The molecule has 0 amide bonds. The fourth-order valence-corrected chi connectivity index (χ4v) is 2.39. The lowest BCUT2D eigenvalue weighted by Crippen LogP contribution is -2.05. The molecule has 0 unspecified atom stereocenters. The zero-order chi connectivity index (χ0) is 17.5. The highest BCUT2D eigenvalue weighted by Crippen LogP contribution is 2.31. The van der Waals surface area contributed by atoms with Crippen molar-refractivity contribution in [1.29, 1.82) is 0 Å². The van der Waals surface area contributed by atoms with Crippen molar-refractivity contribution in [2.45, 2.75) is 26.7 Å². The second kappa shape index (κ2) is 8.50. The van der Waals surface area contributed by atoms with E-state index in [9.17, 15) is 5.11 Å². The second-order valence-corrected chi connectivity index (χ2v) is 5.72. The van der Waals surface area contributed by atoms with Crippen molar-refractivity contribution < 1.29 is 9.84 Å². The standard InChI is InChI=1S/C19H21ClN2O2/c1-4-5-12-24-19-16(9-7-11-21-19)14(3)22-13(2)15-8-6-10-17(23)18(15)20/h6-11,23H,2,4-5,12H2,1,3H3. The lowest BCUT2D eigenvalue weighted by atomic mass is 10.1. The van der Waals surface area contributed by atoms with E-state index in [2.05, 4.69) is 23.5 Å². The normalized spacial score (nSPS) is 11.4. The minimum absolute atomic E-state index is 0.00753. The Morgan fingerprint density at radius 3 is 2.79 bits per heavy atom. The summed E-state index contributed by atoms with van der Waals surface area (Å²) in [4.78, 5) is 8.80. The van der Waals surface area contributed by atoms with Gasteiger partial charge >= 0.3 is 0 Å². The van der Waals surface area contributed by atoms with Crippen molar-refractivity contribution in [1.82, 2.24) is 4.98 Å². The van der Waals surface area contributed by atoms with Gasteiger partial charge in [0.15, 0.2) is 0 Å². The first-order chi connectivity index (χ1) is 11.5. The number of pyridine rings is 1. The summed E-state index contributed by atoms with van der Waals surface area (Å²) in [5.41, 5.74) is 2.59. The van der Waals surface area contributed by atoms with Crippen LogP contribution in [0.4, 0.5) is 0 Å². The van der Waals surface area contributed by atoms with Gasteiger partial charge in [-0.05, 0) is 31.5 Å².